The molecule has 1 aliphatic carbocycles. The lowest BCUT2D eigenvalue weighted by Crippen LogP contribution is -2.23. The Kier molecular flexibility index (Phi) is 1.79. The first-order chi connectivity index (χ1) is 8.34. The van der Waals surface area contributed by atoms with Gasteiger partial charge >= 0.3 is 0 Å². The molecule has 0 amide bonds. The van der Waals surface area contributed by atoms with Crippen molar-refractivity contribution in [3.63, 3.8) is 0 Å². The Morgan fingerprint density at radius 3 is 3.00 bits per heavy atom. The summed E-state index contributed by atoms with van der Waals surface area (Å²) in [5.74, 6) is 0. The molecule has 4 rings (SSSR count). The van der Waals surface area contributed by atoms with E-state index in [0.29, 0.717) is 5.41 Å². The normalized spacial score (nSPS) is 20.1. The van der Waals surface area contributed by atoms with Crippen LogP contribution in [-0.2, 0) is 18.4 Å². The predicted octanol–water partition coefficient (Wildman–Crippen LogP) is 2.45. The average Bonchev–Trinajstić information content (AvgIpc) is 2.87. The number of likely N-dealkylation sites (N-methyl/N-ethyl adjacent to an activating group) is 1. The minimum atomic E-state index is 0.439. The molecule has 0 atom stereocenters. The molecule has 0 saturated heterocycles. The molecular weight excluding hydrogens is 208 g/mol. The largest absolute Gasteiger partial charge is 0.347 e. The number of benzene rings is 1. The van der Waals surface area contributed by atoms with Crippen LogP contribution in [0.5, 0.6) is 0 Å². The smallest absolute Gasteiger partial charge is 0.0516 e. The minimum Gasteiger partial charge on any atom is -0.347 e. The Morgan fingerprint density at radius 2 is 2.24 bits per heavy atom. The van der Waals surface area contributed by atoms with Gasteiger partial charge in [-0.15, -0.1) is 0 Å². The first-order valence-corrected chi connectivity index (χ1v) is 6.60. The zero-order valence-corrected chi connectivity index (χ0v) is 10.3. The van der Waals surface area contributed by atoms with E-state index in [1.165, 1.54) is 42.3 Å². The molecule has 88 valence electrons. The lowest BCUT2D eigenvalue weighted by Gasteiger charge is -2.14. The van der Waals surface area contributed by atoms with Crippen molar-refractivity contribution in [2.75, 3.05) is 13.6 Å². The van der Waals surface area contributed by atoms with Gasteiger partial charge in [-0.3, -0.25) is 0 Å². The molecule has 2 heterocycles. The molecule has 2 aliphatic rings. The number of hydrogen-bond acceptors (Lipinski definition) is 1. The molecule has 0 radical (unpaired) electrons. The van der Waals surface area contributed by atoms with E-state index in [1.54, 1.807) is 5.56 Å². The van der Waals surface area contributed by atoms with Crippen molar-refractivity contribution < 1.29 is 0 Å². The summed E-state index contributed by atoms with van der Waals surface area (Å²) in [7, 11) is 2.07. The molecule has 0 unspecified atom stereocenters. The minimum absolute atomic E-state index is 0.439. The standard InChI is InChI=1S/C15H18N2/c1-16-10-15(6-7-15)13-9-17-8-5-11-3-2-4-12(13)14(11)17/h2-4,9,16H,5-8,10H2,1H3. The quantitative estimate of drug-likeness (QED) is 0.850. The van der Waals surface area contributed by atoms with Crippen LogP contribution in [0.2, 0.25) is 0 Å². The number of aryl methyl sites for hydroxylation is 2. The number of hydrogen-bond donors (Lipinski definition) is 1. The van der Waals surface area contributed by atoms with Gasteiger partial charge in [0, 0.05) is 30.1 Å². The third-order valence-electron chi connectivity index (χ3n) is 4.54. The lowest BCUT2D eigenvalue weighted by molar-refractivity contribution is 0.623. The van der Waals surface area contributed by atoms with Gasteiger partial charge in [-0.25, -0.2) is 0 Å². The van der Waals surface area contributed by atoms with Crippen molar-refractivity contribution >= 4 is 10.9 Å². The van der Waals surface area contributed by atoms with E-state index >= 15 is 0 Å². The Balaban J connectivity index is 1.96. The van der Waals surface area contributed by atoms with E-state index in [1.807, 2.05) is 0 Å². The molecule has 2 heteroatoms. The molecule has 0 bridgehead atoms. The van der Waals surface area contributed by atoms with Gasteiger partial charge in [0.05, 0.1) is 5.52 Å². The summed E-state index contributed by atoms with van der Waals surface area (Å²) >= 11 is 0. The highest BCUT2D eigenvalue weighted by Crippen LogP contribution is 2.51. The number of nitrogens with zero attached hydrogens (tertiary/aromatic N) is 1. The number of para-hydroxylation sites is 1. The molecule has 1 N–H and O–H groups in total. The van der Waals surface area contributed by atoms with E-state index < -0.39 is 0 Å². The molecule has 2 aromatic rings. The summed E-state index contributed by atoms with van der Waals surface area (Å²) in [4.78, 5) is 0. The molecule has 1 aliphatic heterocycles. The Labute approximate surface area is 102 Å². The van der Waals surface area contributed by atoms with Gasteiger partial charge in [0.2, 0.25) is 0 Å². The van der Waals surface area contributed by atoms with E-state index in [9.17, 15) is 0 Å². The van der Waals surface area contributed by atoms with Crippen LogP contribution in [0, 0.1) is 0 Å². The number of rotatable bonds is 3. The highest BCUT2D eigenvalue weighted by Gasteiger charge is 2.45. The van der Waals surface area contributed by atoms with Crippen LogP contribution in [0.4, 0.5) is 0 Å². The molecule has 0 spiro atoms. The fourth-order valence-corrected chi connectivity index (χ4v) is 3.51. The van der Waals surface area contributed by atoms with Crippen LogP contribution in [0.1, 0.15) is 24.0 Å². The van der Waals surface area contributed by atoms with Gasteiger partial charge < -0.3 is 9.88 Å². The van der Waals surface area contributed by atoms with Crippen molar-refractivity contribution in [1.82, 2.24) is 9.88 Å². The van der Waals surface area contributed by atoms with Gasteiger partial charge in [-0.1, -0.05) is 18.2 Å². The van der Waals surface area contributed by atoms with Crippen LogP contribution >= 0.6 is 0 Å². The summed E-state index contributed by atoms with van der Waals surface area (Å²) in [5.41, 5.74) is 5.07. The van der Waals surface area contributed by atoms with Gasteiger partial charge in [0.25, 0.3) is 0 Å². The first kappa shape index (κ1) is 9.72. The maximum atomic E-state index is 3.37. The monoisotopic (exact) mass is 226 g/mol. The fourth-order valence-electron chi connectivity index (χ4n) is 3.51. The van der Waals surface area contributed by atoms with Crippen molar-refractivity contribution in [1.29, 1.82) is 0 Å². The van der Waals surface area contributed by atoms with Gasteiger partial charge in [-0.2, -0.15) is 0 Å². The SMILES string of the molecule is CNCC1(c2cn3c4c(cccc24)CC3)CC1. The molecule has 1 aromatic carbocycles. The lowest BCUT2D eigenvalue weighted by atomic mass is 9.94. The number of nitrogens with one attached hydrogen (secondary N) is 1. The molecular formula is C15H18N2. The van der Waals surface area contributed by atoms with E-state index in [0.717, 1.165) is 6.54 Å². The fraction of sp³-hybridized carbons (Fsp3) is 0.467. The maximum Gasteiger partial charge on any atom is 0.0516 e. The summed E-state index contributed by atoms with van der Waals surface area (Å²) in [6.45, 7) is 2.29. The maximum absolute atomic E-state index is 3.37. The summed E-state index contributed by atoms with van der Waals surface area (Å²) < 4.78 is 2.47. The Hall–Kier alpha value is -1.28. The summed E-state index contributed by atoms with van der Waals surface area (Å²) in [6.07, 6.45) is 6.33. The third-order valence-corrected chi connectivity index (χ3v) is 4.54. The highest BCUT2D eigenvalue weighted by atomic mass is 15.0. The zero-order valence-electron chi connectivity index (χ0n) is 10.3. The van der Waals surface area contributed by atoms with E-state index in [2.05, 4.69) is 41.3 Å². The van der Waals surface area contributed by atoms with E-state index in [4.69, 9.17) is 0 Å². The summed E-state index contributed by atoms with van der Waals surface area (Å²) in [5, 5.41) is 4.87. The second-order valence-corrected chi connectivity index (χ2v) is 5.61. The van der Waals surface area contributed by atoms with E-state index in [-0.39, 0.29) is 0 Å². The second-order valence-electron chi connectivity index (χ2n) is 5.61. The van der Waals surface area contributed by atoms with Crippen LogP contribution in [0.25, 0.3) is 10.9 Å². The molecule has 2 nitrogen and oxygen atoms in total. The molecule has 17 heavy (non-hydrogen) atoms. The van der Waals surface area contributed by atoms with Crippen LogP contribution < -0.4 is 5.32 Å². The van der Waals surface area contributed by atoms with Crippen LogP contribution in [-0.4, -0.2) is 18.2 Å². The van der Waals surface area contributed by atoms with Crippen molar-refractivity contribution in [3.8, 4) is 0 Å². The molecule has 1 fully saturated rings. The first-order valence-electron chi connectivity index (χ1n) is 6.60. The van der Waals surface area contributed by atoms with Gasteiger partial charge in [-0.05, 0) is 37.4 Å². The zero-order chi connectivity index (χ0) is 11.5. The van der Waals surface area contributed by atoms with Crippen molar-refractivity contribution in [2.24, 2.45) is 0 Å². The topological polar surface area (TPSA) is 17.0 Å². The molecule has 1 saturated carbocycles. The predicted molar refractivity (Wildman–Crippen MR) is 70.5 cm³/mol. The highest BCUT2D eigenvalue weighted by molar-refractivity contribution is 5.89. The molecule has 1 aromatic heterocycles. The van der Waals surface area contributed by atoms with Crippen molar-refractivity contribution in [2.45, 2.75) is 31.2 Å². The second kappa shape index (κ2) is 3.14. The third kappa shape index (κ3) is 1.19. The Morgan fingerprint density at radius 1 is 1.35 bits per heavy atom. The van der Waals surface area contributed by atoms with Gasteiger partial charge in [0.15, 0.2) is 0 Å². The van der Waals surface area contributed by atoms with Gasteiger partial charge in [0.1, 0.15) is 0 Å². The van der Waals surface area contributed by atoms with Crippen molar-refractivity contribution in [3.05, 3.63) is 35.5 Å². The van der Waals surface area contributed by atoms with Crippen LogP contribution in [0.3, 0.4) is 0 Å². The number of aromatic nitrogens is 1. The van der Waals surface area contributed by atoms with Crippen LogP contribution in [0.15, 0.2) is 24.4 Å². The Bertz CT molecular complexity index is 590. The average molecular weight is 226 g/mol. The summed E-state index contributed by atoms with van der Waals surface area (Å²) in [6, 6.07) is 6.82.